The third-order valence-corrected chi connectivity index (χ3v) is 8.46. The Morgan fingerprint density at radius 1 is 1.23 bits per heavy atom. The molecule has 2 fully saturated rings. The highest BCUT2D eigenvalue weighted by Crippen LogP contribution is 2.64. The third kappa shape index (κ3) is 6.98. The third-order valence-electron chi connectivity index (χ3n) is 5.45. The number of aliphatic hydroxyl groups is 3. The molecule has 0 aliphatic carbocycles. The number of carbonyl (C=O) groups excluding carboxylic acids is 1. The van der Waals surface area contributed by atoms with Gasteiger partial charge in [-0.1, -0.05) is 6.58 Å². The van der Waals surface area contributed by atoms with Crippen LogP contribution in [0.15, 0.2) is 24.2 Å². The van der Waals surface area contributed by atoms with E-state index in [-0.39, 0.29) is 24.6 Å². The normalized spacial score (nSPS) is 37.4. The molecule has 35 heavy (non-hydrogen) atoms. The van der Waals surface area contributed by atoms with Gasteiger partial charge in [0.2, 0.25) is 0 Å². The maximum absolute atomic E-state index is 12.7. The lowest BCUT2D eigenvalue weighted by atomic mass is 10.0. The fourth-order valence-corrected chi connectivity index (χ4v) is 6.06. The van der Waals surface area contributed by atoms with Crippen molar-refractivity contribution in [2.24, 2.45) is 0 Å². The fourth-order valence-electron chi connectivity index (χ4n) is 3.59. The first-order valence-corrected chi connectivity index (χ1v) is 13.5. The first-order chi connectivity index (χ1) is 16.2. The van der Waals surface area contributed by atoms with Crippen LogP contribution in [0, 0.1) is 0 Å². The van der Waals surface area contributed by atoms with Crippen molar-refractivity contribution in [1.82, 2.24) is 10.2 Å². The molecular weight excluding hydrogens is 514 g/mol. The SMILES string of the molecule is C=C1NC(=O)C(C)=CN1[C@H]1CC(O)[C@@H](COP(=O)(O)OP(=O)(OC)O[C@@H]2OC(C)C[C@H](O)C2O)O1. The van der Waals surface area contributed by atoms with Crippen molar-refractivity contribution in [3.63, 3.8) is 0 Å². The van der Waals surface area contributed by atoms with Gasteiger partial charge in [0.25, 0.3) is 5.91 Å². The minimum atomic E-state index is -5.11. The van der Waals surface area contributed by atoms with Gasteiger partial charge in [0.15, 0.2) is 6.29 Å². The standard InChI is InChI=1S/C18H30N2O13P2/c1-9-7-20(11(3)19-17(9)24)15-6-12(21)14(31-15)8-29-34(25,26)33-35(27,28-4)32-18-16(23)13(22)5-10(2)30-18/h7,10,12-16,18,21-23H,3,5-6,8H2,1-2,4H3,(H,19,24)(H,25,26)/t10?,12?,13-,14+,15+,16?,18-,35?/m0/s1. The van der Waals surface area contributed by atoms with Crippen LogP contribution in [0.2, 0.25) is 0 Å². The molecule has 5 N–H and O–H groups in total. The number of nitrogens with one attached hydrogen (secondary N) is 1. The lowest BCUT2D eigenvalue weighted by Crippen LogP contribution is -2.48. The van der Waals surface area contributed by atoms with E-state index in [2.05, 4.69) is 20.7 Å². The summed E-state index contributed by atoms with van der Waals surface area (Å²) in [5.74, 6) is -0.108. The number of hydrogen-bond donors (Lipinski definition) is 5. The van der Waals surface area contributed by atoms with Gasteiger partial charge in [0.1, 0.15) is 24.3 Å². The molecule has 0 aromatic rings. The fraction of sp³-hybridized carbons (Fsp3) is 0.722. The average molecular weight is 544 g/mol. The van der Waals surface area contributed by atoms with Crippen molar-refractivity contribution in [2.45, 2.75) is 69.7 Å². The Balaban J connectivity index is 1.58. The minimum Gasteiger partial charge on any atom is -0.390 e. The largest absolute Gasteiger partial charge is 0.485 e. The van der Waals surface area contributed by atoms with Crippen LogP contribution >= 0.6 is 15.6 Å². The van der Waals surface area contributed by atoms with Crippen LogP contribution < -0.4 is 5.32 Å². The molecule has 0 bridgehead atoms. The molecule has 0 aromatic carbocycles. The Morgan fingerprint density at radius 3 is 2.57 bits per heavy atom. The summed E-state index contributed by atoms with van der Waals surface area (Å²) in [4.78, 5) is 23.2. The molecule has 0 aromatic heterocycles. The topological polar surface area (TPSA) is 203 Å². The maximum atomic E-state index is 12.7. The van der Waals surface area contributed by atoms with Crippen molar-refractivity contribution in [3.05, 3.63) is 24.2 Å². The van der Waals surface area contributed by atoms with E-state index in [0.717, 1.165) is 7.11 Å². The minimum absolute atomic E-state index is 0.0559. The molecule has 1 amide bonds. The number of rotatable bonds is 9. The van der Waals surface area contributed by atoms with Crippen molar-refractivity contribution in [2.75, 3.05) is 13.7 Å². The number of aliphatic hydroxyl groups excluding tert-OH is 3. The van der Waals surface area contributed by atoms with Crippen molar-refractivity contribution < 1.29 is 61.5 Å². The van der Waals surface area contributed by atoms with Gasteiger partial charge in [0, 0.05) is 31.7 Å². The highest BCUT2D eigenvalue weighted by atomic mass is 31.3. The second kappa shape index (κ2) is 11.1. The Bertz CT molecular complexity index is 945. The van der Waals surface area contributed by atoms with Gasteiger partial charge in [-0.05, 0) is 13.8 Å². The summed E-state index contributed by atoms with van der Waals surface area (Å²) in [5, 5.41) is 32.7. The van der Waals surface area contributed by atoms with Gasteiger partial charge >= 0.3 is 15.6 Å². The number of hydrogen-bond acceptors (Lipinski definition) is 13. The lowest BCUT2D eigenvalue weighted by Gasteiger charge is -2.36. The Labute approximate surface area is 201 Å². The molecule has 200 valence electrons. The second-order valence-corrected chi connectivity index (χ2v) is 11.6. The number of nitrogens with zero attached hydrogens (tertiary/aromatic N) is 1. The molecule has 17 heteroatoms. The number of carbonyl (C=O) groups is 1. The monoisotopic (exact) mass is 544 g/mol. The van der Waals surface area contributed by atoms with Crippen LogP contribution in [0.3, 0.4) is 0 Å². The van der Waals surface area contributed by atoms with Crippen LogP contribution in [0.25, 0.3) is 0 Å². The first-order valence-electron chi connectivity index (χ1n) is 10.6. The molecule has 3 rings (SSSR count). The van der Waals surface area contributed by atoms with Gasteiger partial charge < -0.3 is 39.9 Å². The van der Waals surface area contributed by atoms with E-state index in [4.69, 9.17) is 18.5 Å². The second-order valence-electron chi connectivity index (χ2n) is 8.24. The van der Waals surface area contributed by atoms with Crippen LogP contribution in [0.1, 0.15) is 26.7 Å². The zero-order valence-electron chi connectivity index (χ0n) is 19.3. The van der Waals surface area contributed by atoms with Crippen LogP contribution in [0.5, 0.6) is 0 Å². The Morgan fingerprint density at radius 2 is 1.91 bits per heavy atom. The van der Waals surface area contributed by atoms with E-state index < -0.39 is 65.3 Å². The van der Waals surface area contributed by atoms with E-state index >= 15 is 0 Å². The highest BCUT2D eigenvalue weighted by Gasteiger charge is 2.46. The van der Waals surface area contributed by atoms with Gasteiger partial charge in [-0.3, -0.25) is 18.4 Å². The molecule has 3 aliphatic heterocycles. The molecule has 0 radical (unpaired) electrons. The molecule has 5 unspecified atom stereocenters. The van der Waals surface area contributed by atoms with Crippen molar-refractivity contribution >= 4 is 21.6 Å². The molecule has 0 saturated carbocycles. The van der Waals surface area contributed by atoms with Crippen LogP contribution in [-0.4, -0.2) is 87.8 Å². The van der Waals surface area contributed by atoms with Gasteiger partial charge in [0.05, 0.1) is 24.9 Å². The van der Waals surface area contributed by atoms with Crippen molar-refractivity contribution in [3.8, 4) is 0 Å². The predicted octanol–water partition coefficient (Wildman–Crippen LogP) is 0.0305. The maximum Gasteiger partial charge on any atom is 0.485 e. The number of phosphoric acid groups is 2. The zero-order chi connectivity index (χ0) is 26.1. The smallest absolute Gasteiger partial charge is 0.390 e. The van der Waals surface area contributed by atoms with Crippen molar-refractivity contribution in [1.29, 1.82) is 0 Å². The highest BCUT2D eigenvalue weighted by molar-refractivity contribution is 7.61. The summed E-state index contributed by atoms with van der Waals surface area (Å²) in [5.41, 5.74) is 0.382. The zero-order valence-corrected chi connectivity index (χ0v) is 21.0. The van der Waals surface area contributed by atoms with E-state index in [1.54, 1.807) is 13.8 Å². The van der Waals surface area contributed by atoms with Gasteiger partial charge in [-0.25, -0.2) is 9.13 Å². The summed E-state index contributed by atoms with van der Waals surface area (Å²) in [6, 6.07) is 0. The van der Waals surface area contributed by atoms with Gasteiger partial charge in [-0.15, -0.1) is 0 Å². The summed E-state index contributed by atoms with van der Waals surface area (Å²) < 4.78 is 55.1. The molecule has 3 heterocycles. The predicted molar refractivity (Wildman–Crippen MR) is 116 cm³/mol. The van der Waals surface area contributed by atoms with E-state index in [1.807, 2.05) is 0 Å². The molecule has 0 spiro atoms. The van der Waals surface area contributed by atoms with E-state index in [1.165, 1.54) is 11.1 Å². The summed E-state index contributed by atoms with van der Waals surface area (Å²) in [7, 11) is -9.07. The number of amides is 1. The molecular formula is C18H30N2O13P2. The molecule has 15 nitrogen and oxygen atoms in total. The first kappa shape index (κ1) is 28.4. The van der Waals surface area contributed by atoms with Crippen LogP contribution in [0.4, 0.5) is 0 Å². The van der Waals surface area contributed by atoms with E-state index in [0.29, 0.717) is 5.57 Å². The molecule has 9 atom stereocenters. The van der Waals surface area contributed by atoms with Crippen LogP contribution in [-0.2, 0) is 41.3 Å². The van der Waals surface area contributed by atoms with Gasteiger partial charge in [-0.2, -0.15) is 4.31 Å². The quantitative estimate of drug-likeness (QED) is 0.243. The number of ether oxygens (including phenoxy) is 2. The summed E-state index contributed by atoms with van der Waals surface area (Å²) in [6.07, 6.45) is -6.48. The van der Waals surface area contributed by atoms with E-state index in [9.17, 15) is 34.1 Å². The summed E-state index contributed by atoms with van der Waals surface area (Å²) in [6.45, 7) is 6.21. The summed E-state index contributed by atoms with van der Waals surface area (Å²) >= 11 is 0. The molecule has 2 saturated heterocycles. The number of phosphoric ester groups is 2. The Kier molecular flexibility index (Phi) is 8.96. The molecule has 3 aliphatic rings. The lowest BCUT2D eigenvalue weighted by molar-refractivity contribution is -0.236. The Hall–Kier alpha value is -1.19. The average Bonchev–Trinajstić information content (AvgIpc) is 3.12.